The number of aliphatic hydroxyl groups is 1. The summed E-state index contributed by atoms with van der Waals surface area (Å²) >= 11 is 3.76. The molecule has 2 unspecified atom stereocenters. The fraction of sp³-hybridized carbons (Fsp3) is 0.750. The molecule has 90 valence electrons. The van der Waals surface area contributed by atoms with Gasteiger partial charge in [-0.3, -0.25) is 0 Å². The van der Waals surface area contributed by atoms with Crippen LogP contribution >= 0.6 is 23.1 Å². The first-order valence-corrected chi connectivity index (χ1v) is 7.85. The molecule has 16 heavy (non-hydrogen) atoms. The highest BCUT2D eigenvalue weighted by Gasteiger charge is 2.22. The number of nitrogens with zero attached hydrogens (tertiary/aromatic N) is 1. The van der Waals surface area contributed by atoms with Crippen molar-refractivity contribution in [2.75, 3.05) is 0 Å². The summed E-state index contributed by atoms with van der Waals surface area (Å²) < 4.78 is 0. The Bertz CT molecular complexity index is 351. The summed E-state index contributed by atoms with van der Waals surface area (Å²) in [5.41, 5.74) is 0.969. The Morgan fingerprint density at radius 3 is 3.12 bits per heavy atom. The summed E-state index contributed by atoms with van der Waals surface area (Å²) in [5, 5.41) is 11.7. The molecule has 0 spiro atoms. The number of rotatable bonds is 4. The molecule has 1 N–H and O–H groups in total. The van der Waals surface area contributed by atoms with E-state index in [1.54, 1.807) is 11.3 Å². The molecule has 2 rings (SSSR count). The van der Waals surface area contributed by atoms with Crippen LogP contribution < -0.4 is 0 Å². The van der Waals surface area contributed by atoms with Gasteiger partial charge in [0.1, 0.15) is 5.01 Å². The lowest BCUT2D eigenvalue weighted by Crippen LogP contribution is -2.07. The first kappa shape index (κ1) is 12.4. The van der Waals surface area contributed by atoms with Crippen LogP contribution in [0.3, 0.4) is 0 Å². The second kappa shape index (κ2) is 5.52. The fourth-order valence-electron chi connectivity index (χ4n) is 1.84. The van der Waals surface area contributed by atoms with Crippen LogP contribution in [-0.4, -0.2) is 15.3 Å². The van der Waals surface area contributed by atoms with Gasteiger partial charge in [-0.2, -0.15) is 11.8 Å². The highest BCUT2D eigenvalue weighted by Crippen LogP contribution is 2.34. The van der Waals surface area contributed by atoms with E-state index in [-0.39, 0.29) is 6.10 Å². The SMILES string of the molecule is CCC(C)SCc1nc2c(s1)CCCC2O. The summed E-state index contributed by atoms with van der Waals surface area (Å²) in [6.07, 6.45) is 4.00. The van der Waals surface area contributed by atoms with Gasteiger partial charge in [-0.25, -0.2) is 4.98 Å². The van der Waals surface area contributed by atoms with Gasteiger partial charge >= 0.3 is 0 Å². The predicted molar refractivity (Wildman–Crippen MR) is 71.1 cm³/mol. The van der Waals surface area contributed by atoms with Crippen molar-refractivity contribution in [2.24, 2.45) is 0 Å². The normalized spacial score (nSPS) is 21.8. The minimum Gasteiger partial charge on any atom is -0.387 e. The van der Waals surface area contributed by atoms with Crippen molar-refractivity contribution in [2.45, 2.75) is 56.6 Å². The molecule has 1 aromatic rings. The molecular formula is C12H19NOS2. The van der Waals surface area contributed by atoms with E-state index in [2.05, 4.69) is 18.8 Å². The van der Waals surface area contributed by atoms with Crippen molar-refractivity contribution in [1.82, 2.24) is 4.98 Å². The topological polar surface area (TPSA) is 33.1 Å². The maximum Gasteiger partial charge on any atom is 0.103 e. The predicted octanol–water partition coefficient (Wildman–Crippen LogP) is 3.54. The molecule has 0 aromatic carbocycles. The van der Waals surface area contributed by atoms with Gasteiger partial charge in [0.25, 0.3) is 0 Å². The largest absolute Gasteiger partial charge is 0.387 e. The van der Waals surface area contributed by atoms with Crippen LogP contribution in [0.4, 0.5) is 0 Å². The molecule has 1 aliphatic rings. The molecule has 0 aliphatic heterocycles. The van der Waals surface area contributed by atoms with Crippen molar-refractivity contribution in [1.29, 1.82) is 0 Å². The smallest absolute Gasteiger partial charge is 0.103 e. The maximum atomic E-state index is 9.84. The van der Waals surface area contributed by atoms with Crippen LogP contribution in [0.5, 0.6) is 0 Å². The van der Waals surface area contributed by atoms with Gasteiger partial charge in [-0.15, -0.1) is 11.3 Å². The second-order valence-electron chi connectivity index (χ2n) is 4.35. The summed E-state index contributed by atoms with van der Waals surface area (Å²) in [4.78, 5) is 5.90. The lowest BCUT2D eigenvalue weighted by Gasteiger charge is -2.14. The van der Waals surface area contributed by atoms with E-state index >= 15 is 0 Å². The second-order valence-corrected chi connectivity index (χ2v) is 6.95. The van der Waals surface area contributed by atoms with E-state index in [4.69, 9.17) is 0 Å². The van der Waals surface area contributed by atoms with Crippen LogP contribution in [0, 0.1) is 0 Å². The number of hydrogen-bond donors (Lipinski definition) is 1. The number of aryl methyl sites for hydroxylation is 1. The molecule has 0 radical (unpaired) electrons. The first-order chi connectivity index (χ1) is 7.70. The lowest BCUT2D eigenvalue weighted by atomic mass is 10.0. The van der Waals surface area contributed by atoms with E-state index in [9.17, 15) is 5.11 Å². The van der Waals surface area contributed by atoms with Gasteiger partial charge in [0, 0.05) is 15.9 Å². The van der Waals surface area contributed by atoms with Crippen molar-refractivity contribution in [3.63, 3.8) is 0 Å². The molecule has 0 amide bonds. The van der Waals surface area contributed by atoms with E-state index in [0.29, 0.717) is 5.25 Å². The van der Waals surface area contributed by atoms with Gasteiger partial charge in [0.05, 0.1) is 11.8 Å². The van der Waals surface area contributed by atoms with Gasteiger partial charge < -0.3 is 5.11 Å². The molecule has 0 bridgehead atoms. The fourth-order valence-corrected chi connectivity index (χ4v) is 3.97. The minimum atomic E-state index is -0.303. The van der Waals surface area contributed by atoms with Crippen molar-refractivity contribution >= 4 is 23.1 Å². The highest BCUT2D eigenvalue weighted by atomic mass is 32.2. The van der Waals surface area contributed by atoms with Crippen molar-refractivity contribution in [3.8, 4) is 0 Å². The molecule has 0 fully saturated rings. The Kier molecular flexibility index (Phi) is 4.27. The first-order valence-electron chi connectivity index (χ1n) is 5.98. The summed E-state index contributed by atoms with van der Waals surface area (Å²) in [6, 6.07) is 0. The van der Waals surface area contributed by atoms with E-state index in [1.807, 2.05) is 11.8 Å². The molecule has 2 atom stereocenters. The third-order valence-corrected chi connectivity index (χ3v) is 5.69. The number of fused-ring (bicyclic) bond motifs is 1. The highest BCUT2D eigenvalue weighted by molar-refractivity contribution is 7.99. The number of thioether (sulfide) groups is 1. The zero-order valence-corrected chi connectivity index (χ0v) is 11.5. The van der Waals surface area contributed by atoms with Crippen LogP contribution in [-0.2, 0) is 12.2 Å². The molecule has 2 nitrogen and oxygen atoms in total. The van der Waals surface area contributed by atoms with Crippen LogP contribution in [0.15, 0.2) is 0 Å². The van der Waals surface area contributed by atoms with Crippen LogP contribution in [0.1, 0.15) is 54.8 Å². The Morgan fingerprint density at radius 2 is 2.44 bits per heavy atom. The Hall–Kier alpha value is -0.0600. The molecule has 1 heterocycles. The third kappa shape index (κ3) is 2.79. The van der Waals surface area contributed by atoms with Crippen molar-refractivity contribution < 1.29 is 5.11 Å². The van der Waals surface area contributed by atoms with E-state index in [0.717, 1.165) is 30.7 Å². The van der Waals surface area contributed by atoms with E-state index < -0.39 is 0 Å². The molecule has 1 aliphatic carbocycles. The van der Waals surface area contributed by atoms with Gasteiger partial charge in [0.15, 0.2) is 0 Å². The maximum absolute atomic E-state index is 9.84. The summed E-state index contributed by atoms with van der Waals surface area (Å²) in [7, 11) is 0. The lowest BCUT2D eigenvalue weighted by molar-refractivity contribution is 0.153. The van der Waals surface area contributed by atoms with Gasteiger partial charge in [0.2, 0.25) is 0 Å². The van der Waals surface area contributed by atoms with Gasteiger partial charge in [-0.05, 0) is 25.7 Å². The van der Waals surface area contributed by atoms with Crippen molar-refractivity contribution in [3.05, 3.63) is 15.6 Å². The van der Waals surface area contributed by atoms with Crippen LogP contribution in [0.2, 0.25) is 0 Å². The Labute approximate surface area is 105 Å². The Morgan fingerprint density at radius 1 is 1.62 bits per heavy atom. The van der Waals surface area contributed by atoms with Crippen LogP contribution in [0.25, 0.3) is 0 Å². The summed E-state index contributed by atoms with van der Waals surface area (Å²) in [6.45, 7) is 4.47. The van der Waals surface area contributed by atoms with E-state index in [1.165, 1.54) is 16.3 Å². The zero-order valence-electron chi connectivity index (χ0n) is 9.90. The number of aliphatic hydroxyl groups excluding tert-OH is 1. The molecule has 0 saturated carbocycles. The average Bonchev–Trinajstić information content (AvgIpc) is 2.70. The Balaban J connectivity index is 2.01. The minimum absolute atomic E-state index is 0.303. The number of hydrogen-bond acceptors (Lipinski definition) is 4. The molecule has 4 heteroatoms. The molecule has 1 aromatic heterocycles. The average molecular weight is 257 g/mol. The number of aromatic nitrogens is 1. The zero-order chi connectivity index (χ0) is 11.5. The summed E-state index contributed by atoms with van der Waals surface area (Å²) in [5.74, 6) is 0.999. The monoisotopic (exact) mass is 257 g/mol. The number of thiazole rings is 1. The molecule has 0 saturated heterocycles. The molecular weight excluding hydrogens is 238 g/mol. The standard InChI is InChI=1S/C12H19NOS2/c1-3-8(2)15-7-11-13-12-9(14)5-4-6-10(12)16-11/h8-9,14H,3-7H2,1-2H3. The quantitative estimate of drug-likeness (QED) is 0.895. The van der Waals surface area contributed by atoms with Gasteiger partial charge in [-0.1, -0.05) is 13.8 Å². The third-order valence-electron chi connectivity index (χ3n) is 3.04.